The number of nitrogens with zero attached hydrogens (tertiary/aromatic N) is 3. The number of halogens is 3. The summed E-state index contributed by atoms with van der Waals surface area (Å²) in [5, 5.41) is 16.4. The number of carbonyl (C=O) groups is 1. The zero-order valence-corrected chi connectivity index (χ0v) is 22.9. The summed E-state index contributed by atoms with van der Waals surface area (Å²) in [6.07, 6.45) is 10.7. The first-order chi connectivity index (χ1) is 18.7. The zero-order valence-electron chi connectivity index (χ0n) is 22.9. The molecule has 2 aromatic rings. The minimum absolute atomic E-state index is 0.138. The summed E-state index contributed by atoms with van der Waals surface area (Å²) in [5.74, 6) is 0.450. The number of ether oxygens (including phenoxy) is 1. The Morgan fingerprint density at radius 3 is 2.28 bits per heavy atom. The Balaban J connectivity index is 0.000000218. The van der Waals surface area contributed by atoms with Crippen LogP contribution < -0.4 is 10.1 Å². The molecule has 0 bridgehead atoms. The molecule has 2 heterocycles. The van der Waals surface area contributed by atoms with Gasteiger partial charge in [-0.05, 0) is 62.6 Å². The maximum Gasteiger partial charge on any atom is 0.421 e. The Morgan fingerprint density at radius 2 is 1.74 bits per heavy atom. The first-order valence-corrected chi connectivity index (χ1v) is 14.2. The van der Waals surface area contributed by atoms with Crippen LogP contribution in [-0.2, 0) is 6.18 Å². The van der Waals surface area contributed by atoms with E-state index in [4.69, 9.17) is 14.4 Å². The average molecular weight is 555 g/mol. The number of hydrogen-bond acceptors (Lipinski definition) is 7. The fourth-order valence-corrected chi connectivity index (χ4v) is 4.22. The van der Waals surface area contributed by atoms with E-state index in [0.29, 0.717) is 18.0 Å². The third-order valence-electron chi connectivity index (χ3n) is 6.85. The summed E-state index contributed by atoms with van der Waals surface area (Å²) < 4.78 is 48.1. The van der Waals surface area contributed by atoms with Gasteiger partial charge in [0.25, 0.3) is 0 Å². The first kappa shape index (κ1) is 30.8. The van der Waals surface area contributed by atoms with Crippen molar-refractivity contribution >= 4 is 5.97 Å². The van der Waals surface area contributed by atoms with Gasteiger partial charge in [-0.3, -0.25) is 0 Å². The second-order valence-corrected chi connectivity index (χ2v) is 10.5. The molecule has 0 aliphatic heterocycles. The molecule has 39 heavy (non-hydrogen) atoms. The van der Waals surface area contributed by atoms with Crippen molar-refractivity contribution in [3.05, 3.63) is 35.1 Å². The van der Waals surface area contributed by atoms with Gasteiger partial charge in [-0.1, -0.05) is 57.0 Å². The van der Waals surface area contributed by atoms with Crippen LogP contribution in [0.5, 0.6) is 5.88 Å². The van der Waals surface area contributed by atoms with E-state index in [-0.39, 0.29) is 12.5 Å². The molecular weight excluding hydrogens is 513 g/mol. The number of aryl methyl sites for hydroxylation is 1. The molecule has 2 aromatic heterocycles. The predicted octanol–water partition coefficient (Wildman–Crippen LogP) is 7.15. The van der Waals surface area contributed by atoms with Gasteiger partial charge in [-0.25, -0.2) is 9.78 Å². The fraction of sp³-hybridized carbons (Fsp3) is 0.714. The Kier molecular flexibility index (Phi) is 12.0. The summed E-state index contributed by atoms with van der Waals surface area (Å²) in [5.41, 5.74) is -1.51. The van der Waals surface area contributed by atoms with Gasteiger partial charge in [0.15, 0.2) is 11.5 Å². The van der Waals surface area contributed by atoms with Crippen molar-refractivity contribution in [3.63, 3.8) is 0 Å². The van der Waals surface area contributed by atoms with E-state index in [0.717, 1.165) is 37.2 Å². The van der Waals surface area contributed by atoms with Crippen molar-refractivity contribution in [1.29, 1.82) is 0 Å². The molecule has 2 aliphatic carbocycles. The number of carboxylic acid groups (broad SMARTS) is 1. The second kappa shape index (κ2) is 15.2. The zero-order chi connectivity index (χ0) is 28.3. The van der Waals surface area contributed by atoms with Crippen LogP contribution in [0.3, 0.4) is 0 Å². The Hall–Kier alpha value is -2.69. The van der Waals surface area contributed by atoms with Gasteiger partial charge >= 0.3 is 12.1 Å². The highest BCUT2D eigenvalue weighted by atomic mass is 19.4. The van der Waals surface area contributed by atoms with Crippen LogP contribution in [0.15, 0.2) is 16.7 Å². The van der Waals surface area contributed by atoms with E-state index in [1.165, 1.54) is 64.2 Å². The largest absolute Gasteiger partial charge is 0.477 e. The summed E-state index contributed by atoms with van der Waals surface area (Å²) in [4.78, 5) is 18.5. The van der Waals surface area contributed by atoms with Gasteiger partial charge in [0.05, 0.1) is 12.6 Å². The summed E-state index contributed by atoms with van der Waals surface area (Å²) >= 11 is 0. The number of rotatable bonds is 16. The van der Waals surface area contributed by atoms with Crippen molar-refractivity contribution in [2.45, 2.75) is 103 Å². The molecule has 0 aromatic carbocycles. The normalized spacial score (nSPS) is 15.9. The number of aromatic carboxylic acids is 1. The standard InChI is InChI=1S/C17H31N3O.C11H10F3NO3/c1-3-4-5-6-7-8-9-10-13-18-16(15-11-12-15)17-19-14(2)21-20-17;12-11(13,14)7-3-4-8(10(16)17)15-9(7)18-5-6-1-2-6/h15-16,18H,3-13H2,1-2H3;3-4,6H,1-2,5H2,(H,16,17). The maximum atomic E-state index is 12.7. The molecule has 2 N–H and O–H groups in total. The van der Waals surface area contributed by atoms with E-state index >= 15 is 0 Å². The quantitative estimate of drug-likeness (QED) is 0.211. The van der Waals surface area contributed by atoms with Crippen molar-refractivity contribution in [1.82, 2.24) is 20.4 Å². The van der Waals surface area contributed by atoms with E-state index in [2.05, 4.69) is 27.4 Å². The number of pyridine rings is 1. The molecule has 11 heteroatoms. The molecule has 2 aliphatic rings. The van der Waals surface area contributed by atoms with Crippen molar-refractivity contribution in [2.75, 3.05) is 13.2 Å². The molecule has 1 unspecified atom stereocenters. The lowest BCUT2D eigenvalue weighted by Gasteiger charge is -2.14. The molecule has 4 rings (SSSR count). The smallest absolute Gasteiger partial charge is 0.421 e. The van der Waals surface area contributed by atoms with Gasteiger partial charge in [-0.15, -0.1) is 0 Å². The van der Waals surface area contributed by atoms with E-state index in [1.807, 2.05) is 6.92 Å². The van der Waals surface area contributed by atoms with Crippen LogP contribution >= 0.6 is 0 Å². The number of aromatic nitrogens is 3. The monoisotopic (exact) mass is 554 g/mol. The van der Waals surface area contributed by atoms with E-state index < -0.39 is 29.3 Å². The van der Waals surface area contributed by atoms with Crippen LogP contribution in [-0.4, -0.2) is 39.4 Å². The molecule has 0 spiro atoms. The van der Waals surface area contributed by atoms with Gasteiger partial charge in [-0.2, -0.15) is 18.2 Å². The van der Waals surface area contributed by atoms with Gasteiger partial charge in [0, 0.05) is 6.92 Å². The lowest BCUT2D eigenvalue weighted by atomic mass is 10.1. The summed E-state index contributed by atoms with van der Waals surface area (Å²) in [6, 6.07) is 1.81. The Bertz CT molecular complexity index is 1020. The molecule has 1 atom stereocenters. The van der Waals surface area contributed by atoms with E-state index in [1.54, 1.807) is 0 Å². The topological polar surface area (TPSA) is 110 Å². The molecule has 2 fully saturated rings. The fourth-order valence-electron chi connectivity index (χ4n) is 4.22. The van der Waals surface area contributed by atoms with Gasteiger partial charge < -0.3 is 19.7 Å². The minimum atomic E-state index is -4.61. The van der Waals surface area contributed by atoms with Crippen LogP contribution in [0.2, 0.25) is 0 Å². The maximum absolute atomic E-state index is 12.7. The lowest BCUT2D eigenvalue weighted by molar-refractivity contribution is -0.139. The molecule has 0 radical (unpaired) electrons. The number of hydrogen-bond donors (Lipinski definition) is 2. The third-order valence-corrected chi connectivity index (χ3v) is 6.85. The third kappa shape index (κ3) is 11.1. The van der Waals surface area contributed by atoms with E-state index in [9.17, 15) is 18.0 Å². The number of nitrogens with one attached hydrogen (secondary N) is 1. The molecule has 8 nitrogen and oxygen atoms in total. The number of unbranched alkanes of at least 4 members (excludes halogenated alkanes) is 7. The van der Waals surface area contributed by atoms with Crippen LogP contribution in [0.4, 0.5) is 13.2 Å². The second-order valence-electron chi connectivity index (χ2n) is 10.5. The molecule has 0 saturated heterocycles. The summed E-state index contributed by atoms with van der Waals surface area (Å²) in [6.45, 7) is 5.34. The van der Waals surface area contributed by atoms with Crippen molar-refractivity contribution < 1.29 is 32.3 Å². The first-order valence-electron chi connectivity index (χ1n) is 14.2. The highest BCUT2D eigenvalue weighted by Crippen LogP contribution is 2.40. The van der Waals surface area contributed by atoms with Crippen LogP contribution in [0, 0.1) is 18.8 Å². The molecular formula is C28H41F3N4O4. The highest BCUT2D eigenvalue weighted by Gasteiger charge is 2.37. The lowest BCUT2D eigenvalue weighted by Crippen LogP contribution is -2.25. The predicted molar refractivity (Wildman–Crippen MR) is 140 cm³/mol. The van der Waals surface area contributed by atoms with Crippen molar-refractivity contribution in [2.24, 2.45) is 11.8 Å². The molecule has 2 saturated carbocycles. The van der Waals surface area contributed by atoms with Crippen LogP contribution in [0.1, 0.15) is 118 Å². The number of alkyl halides is 3. The minimum Gasteiger partial charge on any atom is -0.477 e. The van der Waals surface area contributed by atoms with Gasteiger partial charge in [0.2, 0.25) is 11.8 Å². The highest BCUT2D eigenvalue weighted by molar-refractivity contribution is 5.85. The molecule has 218 valence electrons. The average Bonchev–Trinajstić information content (AvgIpc) is 3.83. The number of carboxylic acids is 1. The SMILES string of the molecule is CCCCCCCCCCNC(c1noc(C)n1)C1CC1.O=C(O)c1ccc(C(F)(F)F)c(OCC2CC2)n1. The van der Waals surface area contributed by atoms with Crippen molar-refractivity contribution in [3.8, 4) is 5.88 Å². The summed E-state index contributed by atoms with van der Waals surface area (Å²) in [7, 11) is 0. The molecule has 0 amide bonds. The van der Waals surface area contributed by atoms with Crippen LogP contribution in [0.25, 0.3) is 0 Å². The van der Waals surface area contributed by atoms with Gasteiger partial charge in [0.1, 0.15) is 5.56 Å². The Labute approximate surface area is 228 Å². The Morgan fingerprint density at radius 1 is 1.08 bits per heavy atom.